The number of halogens is 3. The lowest BCUT2D eigenvalue weighted by Gasteiger charge is -2.28. The highest BCUT2D eigenvalue weighted by atomic mass is 19.2. The second kappa shape index (κ2) is 8.79. The molecular weight excluding hydrogens is 381 g/mol. The van der Waals surface area contributed by atoms with E-state index in [0.29, 0.717) is 16.9 Å². The molecule has 0 N–H and O–H groups in total. The van der Waals surface area contributed by atoms with Crippen molar-refractivity contribution in [2.75, 3.05) is 0 Å². The SMILES string of the molecule is C=CCC1CCC(c2ccc(C#Cc3ccc4c(F)c(F)c(F)cc4c3)cc2)CC1. The van der Waals surface area contributed by atoms with Gasteiger partial charge in [0.25, 0.3) is 0 Å². The fourth-order valence-electron chi connectivity index (χ4n) is 4.33. The first kappa shape index (κ1) is 20.3. The van der Waals surface area contributed by atoms with Crippen molar-refractivity contribution in [2.24, 2.45) is 5.92 Å². The number of hydrogen-bond donors (Lipinski definition) is 0. The van der Waals surface area contributed by atoms with Crippen LogP contribution in [0.2, 0.25) is 0 Å². The van der Waals surface area contributed by atoms with Crippen molar-refractivity contribution < 1.29 is 13.2 Å². The second-order valence-corrected chi connectivity index (χ2v) is 8.04. The molecule has 0 unspecified atom stereocenters. The average Bonchev–Trinajstić information content (AvgIpc) is 2.77. The Morgan fingerprint density at radius 1 is 0.833 bits per heavy atom. The fourth-order valence-corrected chi connectivity index (χ4v) is 4.33. The lowest BCUT2D eigenvalue weighted by molar-refractivity contribution is 0.328. The zero-order valence-corrected chi connectivity index (χ0v) is 16.7. The van der Waals surface area contributed by atoms with Gasteiger partial charge in [0, 0.05) is 16.5 Å². The van der Waals surface area contributed by atoms with Crippen molar-refractivity contribution >= 4 is 10.8 Å². The molecule has 0 radical (unpaired) electrons. The fraction of sp³-hybridized carbons (Fsp3) is 0.259. The summed E-state index contributed by atoms with van der Waals surface area (Å²) >= 11 is 0. The third-order valence-corrected chi connectivity index (χ3v) is 6.05. The average molecular weight is 404 g/mol. The molecule has 0 heterocycles. The third-order valence-electron chi connectivity index (χ3n) is 6.05. The molecule has 0 aliphatic heterocycles. The molecule has 4 rings (SSSR count). The smallest absolute Gasteiger partial charge is 0.195 e. The standard InChI is InChI=1S/C27H23F3/c1-2-3-18-6-11-21(12-7-18)22-13-8-19(9-14-22)4-5-20-10-15-24-23(16-20)17-25(28)27(30)26(24)29/h2,8-10,13-18,21H,1,3,6-7,11-12H2. The van der Waals surface area contributed by atoms with Crippen molar-refractivity contribution in [1.29, 1.82) is 0 Å². The normalized spacial score (nSPS) is 18.6. The summed E-state index contributed by atoms with van der Waals surface area (Å²) in [6.07, 6.45) is 8.09. The quantitative estimate of drug-likeness (QED) is 0.241. The van der Waals surface area contributed by atoms with Gasteiger partial charge in [-0.1, -0.05) is 36.1 Å². The zero-order valence-electron chi connectivity index (χ0n) is 16.7. The molecule has 1 aliphatic carbocycles. The number of rotatable bonds is 3. The van der Waals surface area contributed by atoms with Gasteiger partial charge in [-0.25, -0.2) is 13.2 Å². The molecule has 152 valence electrons. The van der Waals surface area contributed by atoms with Gasteiger partial charge in [0.1, 0.15) is 0 Å². The molecule has 1 fully saturated rings. The minimum Gasteiger partial charge on any atom is -0.204 e. The highest BCUT2D eigenvalue weighted by Crippen LogP contribution is 2.37. The van der Waals surface area contributed by atoms with E-state index in [1.165, 1.54) is 37.3 Å². The van der Waals surface area contributed by atoms with Crippen molar-refractivity contribution in [3.8, 4) is 11.8 Å². The molecule has 3 aromatic rings. The molecule has 0 saturated heterocycles. The van der Waals surface area contributed by atoms with Crippen LogP contribution < -0.4 is 0 Å². The maximum atomic E-state index is 13.8. The van der Waals surface area contributed by atoms with Gasteiger partial charge in [-0.05, 0) is 85.2 Å². The van der Waals surface area contributed by atoms with Crippen molar-refractivity contribution in [3.05, 3.63) is 95.3 Å². The first-order valence-corrected chi connectivity index (χ1v) is 10.4. The maximum absolute atomic E-state index is 13.8. The summed E-state index contributed by atoms with van der Waals surface area (Å²) in [6.45, 7) is 3.85. The monoisotopic (exact) mass is 404 g/mol. The minimum absolute atomic E-state index is 0.0478. The molecule has 0 spiro atoms. The topological polar surface area (TPSA) is 0 Å². The summed E-state index contributed by atoms with van der Waals surface area (Å²) < 4.78 is 40.7. The molecule has 0 atom stereocenters. The van der Waals surface area contributed by atoms with Crippen LogP contribution in [-0.2, 0) is 0 Å². The molecule has 1 aliphatic rings. The Hall–Kier alpha value is -2.99. The van der Waals surface area contributed by atoms with Crippen LogP contribution >= 0.6 is 0 Å². The summed E-state index contributed by atoms with van der Waals surface area (Å²) in [5.41, 5.74) is 2.87. The van der Waals surface area contributed by atoms with Gasteiger partial charge >= 0.3 is 0 Å². The van der Waals surface area contributed by atoms with E-state index in [1.807, 2.05) is 18.2 Å². The first-order valence-electron chi connectivity index (χ1n) is 10.4. The number of allylic oxidation sites excluding steroid dienone is 1. The molecule has 0 aromatic heterocycles. The predicted molar refractivity (Wildman–Crippen MR) is 116 cm³/mol. The number of benzene rings is 3. The van der Waals surface area contributed by atoms with Gasteiger partial charge in [0.05, 0.1) is 0 Å². The summed E-state index contributed by atoms with van der Waals surface area (Å²) in [4.78, 5) is 0. The Morgan fingerprint density at radius 2 is 1.50 bits per heavy atom. The van der Waals surface area contributed by atoms with E-state index in [0.717, 1.165) is 24.0 Å². The van der Waals surface area contributed by atoms with Crippen molar-refractivity contribution in [2.45, 2.75) is 38.0 Å². The van der Waals surface area contributed by atoms with Crippen LogP contribution in [-0.4, -0.2) is 0 Å². The first-order chi connectivity index (χ1) is 14.5. The summed E-state index contributed by atoms with van der Waals surface area (Å²) in [7, 11) is 0. The van der Waals surface area contributed by atoms with Crippen molar-refractivity contribution in [3.63, 3.8) is 0 Å². The molecule has 0 amide bonds. The van der Waals surface area contributed by atoms with Crippen LogP contribution in [0, 0.1) is 35.2 Å². The number of fused-ring (bicyclic) bond motifs is 1. The van der Waals surface area contributed by atoms with Crippen LogP contribution in [0.3, 0.4) is 0 Å². The van der Waals surface area contributed by atoms with E-state index < -0.39 is 17.5 Å². The molecule has 30 heavy (non-hydrogen) atoms. The Morgan fingerprint density at radius 3 is 2.20 bits per heavy atom. The van der Waals surface area contributed by atoms with Crippen LogP contribution in [0.25, 0.3) is 10.8 Å². The Bertz CT molecular complexity index is 1120. The van der Waals surface area contributed by atoms with Crippen LogP contribution in [0.4, 0.5) is 13.2 Å². The van der Waals surface area contributed by atoms with Gasteiger partial charge in [-0.15, -0.1) is 6.58 Å². The Balaban J connectivity index is 1.48. The Kier molecular flexibility index (Phi) is 5.95. The van der Waals surface area contributed by atoms with E-state index in [4.69, 9.17) is 0 Å². The van der Waals surface area contributed by atoms with Gasteiger partial charge < -0.3 is 0 Å². The second-order valence-electron chi connectivity index (χ2n) is 8.04. The van der Waals surface area contributed by atoms with E-state index >= 15 is 0 Å². The third kappa shape index (κ3) is 4.28. The number of hydrogen-bond acceptors (Lipinski definition) is 0. The molecule has 0 nitrogen and oxygen atoms in total. The summed E-state index contributed by atoms with van der Waals surface area (Å²) in [6, 6.07) is 14.0. The summed E-state index contributed by atoms with van der Waals surface area (Å²) in [5, 5.41) is 0.340. The van der Waals surface area contributed by atoms with E-state index in [1.54, 1.807) is 12.1 Å². The molecular formula is C27H23F3. The lowest BCUT2D eigenvalue weighted by Crippen LogP contribution is -2.12. The highest BCUT2D eigenvalue weighted by Gasteiger charge is 2.21. The molecule has 1 saturated carbocycles. The zero-order chi connectivity index (χ0) is 21.1. The lowest BCUT2D eigenvalue weighted by atomic mass is 9.77. The highest BCUT2D eigenvalue weighted by molar-refractivity contribution is 5.84. The summed E-state index contributed by atoms with van der Waals surface area (Å²) in [5.74, 6) is 3.71. The molecule has 3 aromatic carbocycles. The predicted octanol–water partition coefficient (Wildman–Crippen LogP) is 7.51. The van der Waals surface area contributed by atoms with E-state index in [2.05, 4.69) is 30.6 Å². The largest absolute Gasteiger partial charge is 0.204 e. The van der Waals surface area contributed by atoms with E-state index in [9.17, 15) is 13.2 Å². The van der Waals surface area contributed by atoms with Crippen LogP contribution in [0.15, 0.2) is 61.2 Å². The van der Waals surface area contributed by atoms with Gasteiger partial charge in [-0.3, -0.25) is 0 Å². The molecule has 3 heteroatoms. The molecule has 0 bridgehead atoms. The van der Waals surface area contributed by atoms with Crippen LogP contribution in [0.1, 0.15) is 54.7 Å². The van der Waals surface area contributed by atoms with Crippen molar-refractivity contribution in [1.82, 2.24) is 0 Å². The minimum atomic E-state index is -1.45. The van der Waals surface area contributed by atoms with Gasteiger partial charge in [0.15, 0.2) is 17.5 Å². The Labute approximate surface area is 175 Å². The van der Waals surface area contributed by atoms with Crippen LogP contribution in [0.5, 0.6) is 0 Å². The van der Waals surface area contributed by atoms with E-state index in [-0.39, 0.29) is 5.39 Å². The van der Waals surface area contributed by atoms with Gasteiger partial charge in [-0.2, -0.15) is 0 Å². The maximum Gasteiger partial charge on any atom is 0.195 e. The van der Waals surface area contributed by atoms with Gasteiger partial charge in [0.2, 0.25) is 0 Å².